The topological polar surface area (TPSA) is 68.4 Å². The first-order valence-corrected chi connectivity index (χ1v) is 10.0. The van der Waals surface area contributed by atoms with Crippen LogP contribution in [0.1, 0.15) is 27.9 Å². The highest BCUT2D eigenvalue weighted by Gasteiger charge is 2.27. The van der Waals surface area contributed by atoms with Crippen LogP contribution in [0.4, 0.5) is 5.69 Å². The molecule has 140 valence electrons. The summed E-state index contributed by atoms with van der Waals surface area (Å²) in [5.74, 6) is -0.393. The SMILES string of the molecule is CCOC(=O)c1sc2nc3c(c(-c4ccc(Cl)cc4)c2c1N)CN(C)CC3. The van der Waals surface area contributed by atoms with E-state index in [4.69, 9.17) is 27.1 Å². The number of likely N-dealkylation sites (N-methyl/N-ethyl adjacent to an activating group) is 1. The molecule has 0 saturated carbocycles. The molecule has 5 nitrogen and oxygen atoms in total. The number of esters is 1. The first-order valence-electron chi connectivity index (χ1n) is 8.85. The zero-order chi connectivity index (χ0) is 19.1. The van der Waals surface area contributed by atoms with Crippen molar-refractivity contribution in [2.24, 2.45) is 0 Å². The average molecular weight is 402 g/mol. The van der Waals surface area contributed by atoms with Crippen molar-refractivity contribution >= 4 is 44.8 Å². The van der Waals surface area contributed by atoms with Gasteiger partial charge in [0, 0.05) is 41.2 Å². The zero-order valence-corrected chi connectivity index (χ0v) is 16.8. The van der Waals surface area contributed by atoms with Gasteiger partial charge in [-0.25, -0.2) is 9.78 Å². The molecule has 1 aliphatic heterocycles. The van der Waals surface area contributed by atoms with Gasteiger partial charge in [-0.1, -0.05) is 23.7 Å². The summed E-state index contributed by atoms with van der Waals surface area (Å²) >= 11 is 7.40. The molecule has 4 rings (SSSR count). The number of carbonyl (C=O) groups is 1. The van der Waals surface area contributed by atoms with Crippen LogP contribution in [0.2, 0.25) is 5.02 Å². The molecule has 0 bridgehead atoms. The minimum Gasteiger partial charge on any atom is -0.462 e. The molecule has 7 heteroatoms. The number of fused-ring (bicyclic) bond motifs is 2. The summed E-state index contributed by atoms with van der Waals surface area (Å²) in [4.78, 5) is 20.7. The second-order valence-corrected chi connectivity index (χ2v) is 8.09. The number of benzene rings is 1. The van der Waals surface area contributed by atoms with Gasteiger partial charge in [0.05, 0.1) is 12.3 Å². The molecular weight excluding hydrogens is 382 g/mol. The molecule has 0 fully saturated rings. The Bertz CT molecular complexity index is 1030. The maximum absolute atomic E-state index is 12.4. The van der Waals surface area contributed by atoms with Crippen LogP contribution in [0.5, 0.6) is 0 Å². The second kappa shape index (κ2) is 7.11. The number of hydrogen-bond donors (Lipinski definition) is 1. The highest BCUT2D eigenvalue weighted by molar-refractivity contribution is 7.21. The van der Waals surface area contributed by atoms with E-state index in [1.54, 1.807) is 6.92 Å². The fourth-order valence-electron chi connectivity index (χ4n) is 3.54. The third-order valence-electron chi connectivity index (χ3n) is 4.82. The van der Waals surface area contributed by atoms with Crippen LogP contribution in [0.25, 0.3) is 21.3 Å². The van der Waals surface area contributed by atoms with E-state index >= 15 is 0 Å². The Morgan fingerprint density at radius 2 is 2.11 bits per heavy atom. The standard InChI is InChI=1S/C20H20ClN3O2S/c1-3-26-20(25)18-17(22)16-15(11-4-6-12(21)7-5-11)13-10-24(2)9-8-14(13)23-19(16)27-18/h4-7H,3,8-10,22H2,1-2H3. The average Bonchev–Trinajstić information content (AvgIpc) is 2.98. The Hall–Kier alpha value is -2.15. The van der Waals surface area contributed by atoms with Gasteiger partial charge in [0.15, 0.2) is 0 Å². The lowest BCUT2D eigenvalue weighted by Gasteiger charge is -2.27. The van der Waals surface area contributed by atoms with E-state index in [0.717, 1.165) is 46.5 Å². The van der Waals surface area contributed by atoms with E-state index < -0.39 is 5.97 Å². The molecule has 0 amide bonds. The number of pyridine rings is 1. The van der Waals surface area contributed by atoms with Crippen LogP contribution in [0, 0.1) is 0 Å². The van der Waals surface area contributed by atoms with E-state index in [1.165, 1.54) is 16.9 Å². The Balaban J connectivity index is 2.03. The molecule has 0 saturated heterocycles. The molecule has 0 aliphatic carbocycles. The lowest BCUT2D eigenvalue weighted by molar-refractivity contribution is 0.0533. The van der Waals surface area contributed by atoms with E-state index in [0.29, 0.717) is 22.2 Å². The number of anilines is 1. The van der Waals surface area contributed by atoms with Crippen LogP contribution in [0.15, 0.2) is 24.3 Å². The summed E-state index contributed by atoms with van der Waals surface area (Å²) < 4.78 is 5.18. The van der Waals surface area contributed by atoms with E-state index in [2.05, 4.69) is 11.9 Å². The summed E-state index contributed by atoms with van der Waals surface area (Å²) in [5, 5.41) is 1.51. The largest absolute Gasteiger partial charge is 0.462 e. The number of nitrogens with zero attached hydrogens (tertiary/aromatic N) is 2. The number of nitrogens with two attached hydrogens (primary N) is 1. The first kappa shape index (κ1) is 18.2. The summed E-state index contributed by atoms with van der Waals surface area (Å²) in [5.41, 5.74) is 11.2. The normalized spacial score (nSPS) is 14.3. The molecule has 2 aromatic heterocycles. The number of hydrogen-bond acceptors (Lipinski definition) is 6. The lowest BCUT2D eigenvalue weighted by Crippen LogP contribution is -2.27. The minimum atomic E-state index is -0.393. The fraction of sp³-hybridized carbons (Fsp3) is 0.300. The maximum atomic E-state index is 12.4. The number of thiophene rings is 1. The van der Waals surface area contributed by atoms with Crippen molar-refractivity contribution in [3.05, 3.63) is 45.4 Å². The fourth-order valence-corrected chi connectivity index (χ4v) is 4.69. The molecule has 0 radical (unpaired) electrons. The van der Waals surface area contributed by atoms with Gasteiger partial charge in [0.1, 0.15) is 9.71 Å². The van der Waals surface area contributed by atoms with Crippen molar-refractivity contribution in [3.8, 4) is 11.1 Å². The van der Waals surface area contributed by atoms with Crippen molar-refractivity contribution < 1.29 is 9.53 Å². The summed E-state index contributed by atoms with van der Waals surface area (Å²) in [7, 11) is 2.10. The Morgan fingerprint density at radius 1 is 1.37 bits per heavy atom. The van der Waals surface area contributed by atoms with Gasteiger partial charge >= 0.3 is 5.97 Å². The molecule has 27 heavy (non-hydrogen) atoms. The zero-order valence-electron chi connectivity index (χ0n) is 15.2. The van der Waals surface area contributed by atoms with Gasteiger partial charge in [-0.05, 0) is 37.2 Å². The van der Waals surface area contributed by atoms with Crippen molar-refractivity contribution in [1.82, 2.24) is 9.88 Å². The Morgan fingerprint density at radius 3 is 2.81 bits per heavy atom. The van der Waals surface area contributed by atoms with Crippen molar-refractivity contribution in [3.63, 3.8) is 0 Å². The molecule has 1 aliphatic rings. The molecular formula is C20H20ClN3O2S. The van der Waals surface area contributed by atoms with Gasteiger partial charge in [0.2, 0.25) is 0 Å². The van der Waals surface area contributed by atoms with Gasteiger partial charge < -0.3 is 15.4 Å². The van der Waals surface area contributed by atoms with Gasteiger partial charge in [0.25, 0.3) is 0 Å². The molecule has 3 aromatic rings. The number of carbonyl (C=O) groups excluding carboxylic acids is 1. The predicted octanol–water partition coefficient (Wildman–Crippen LogP) is 4.36. The van der Waals surface area contributed by atoms with Crippen molar-refractivity contribution in [2.45, 2.75) is 19.9 Å². The predicted molar refractivity (Wildman–Crippen MR) is 110 cm³/mol. The molecule has 2 N–H and O–H groups in total. The number of ether oxygens (including phenoxy) is 1. The van der Waals surface area contributed by atoms with Gasteiger partial charge in [-0.15, -0.1) is 11.3 Å². The number of nitrogen functional groups attached to an aromatic ring is 1. The molecule has 0 atom stereocenters. The first-order chi connectivity index (χ1) is 13.0. The monoisotopic (exact) mass is 401 g/mol. The Labute approximate surface area is 166 Å². The minimum absolute atomic E-state index is 0.311. The highest BCUT2D eigenvalue weighted by Crippen LogP contribution is 2.43. The van der Waals surface area contributed by atoms with Crippen LogP contribution < -0.4 is 5.73 Å². The second-order valence-electron chi connectivity index (χ2n) is 6.65. The van der Waals surface area contributed by atoms with Crippen LogP contribution in [0.3, 0.4) is 0 Å². The van der Waals surface area contributed by atoms with Gasteiger partial charge in [-0.3, -0.25) is 0 Å². The Kier molecular flexibility index (Phi) is 4.80. The van der Waals surface area contributed by atoms with E-state index in [9.17, 15) is 4.79 Å². The van der Waals surface area contributed by atoms with Gasteiger partial charge in [-0.2, -0.15) is 0 Å². The van der Waals surface area contributed by atoms with Crippen molar-refractivity contribution in [1.29, 1.82) is 0 Å². The van der Waals surface area contributed by atoms with E-state index in [-0.39, 0.29) is 0 Å². The number of halogens is 1. The third kappa shape index (κ3) is 3.18. The summed E-state index contributed by atoms with van der Waals surface area (Å²) in [6, 6.07) is 7.73. The summed E-state index contributed by atoms with van der Waals surface area (Å²) in [6.45, 7) is 3.84. The smallest absolute Gasteiger partial charge is 0.350 e. The molecule has 1 aromatic carbocycles. The van der Waals surface area contributed by atoms with E-state index in [1.807, 2.05) is 24.3 Å². The summed E-state index contributed by atoms with van der Waals surface area (Å²) in [6.07, 6.45) is 0.870. The third-order valence-corrected chi connectivity index (χ3v) is 6.15. The quantitative estimate of drug-likeness (QED) is 0.660. The number of aromatic nitrogens is 1. The lowest BCUT2D eigenvalue weighted by atomic mass is 9.92. The van der Waals surface area contributed by atoms with Crippen LogP contribution in [-0.4, -0.2) is 36.1 Å². The molecule has 0 spiro atoms. The molecule has 0 unspecified atom stereocenters. The maximum Gasteiger partial charge on any atom is 0.350 e. The highest BCUT2D eigenvalue weighted by atomic mass is 35.5. The van der Waals surface area contributed by atoms with Crippen LogP contribution in [-0.2, 0) is 17.7 Å². The van der Waals surface area contributed by atoms with Crippen molar-refractivity contribution in [2.75, 3.05) is 25.9 Å². The molecule has 3 heterocycles. The van der Waals surface area contributed by atoms with Crippen LogP contribution >= 0.6 is 22.9 Å². The number of rotatable bonds is 3.